The molecule has 13 heavy (non-hydrogen) atoms. The van der Waals surface area contributed by atoms with Crippen LogP contribution >= 0.6 is 15.2 Å². The van der Waals surface area contributed by atoms with Crippen LogP contribution in [0.15, 0.2) is 0 Å². The van der Waals surface area contributed by atoms with Crippen LogP contribution in [0.5, 0.6) is 0 Å². The summed E-state index contributed by atoms with van der Waals surface area (Å²) in [5, 5.41) is 5.37. The largest absolute Gasteiger partial charge is 1.00 e. The Labute approximate surface area is 163 Å². The van der Waals surface area contributed by atoms with E-state index in [4.69, 9.17) is 24.7 Å². The Morgan fingerprint density at radius 3 is 1.15 bits per heavy atom. The Hall–Kier alpha value is 3.53. The molecule has 0 rings (SSSR count). The smallest absolute Gasteiger partial charge is 1.00 e. The minimum Gasteiger partial charge on any atom is -1.00 e. The summed E-state index contributed by atoms with van der Waals surface area (Å²) in [6, 6.07) is 0. The van der Waals surface area contributed by atoms with Crippen molar-refractivity contribution in [3.05, 3.63) is 0 Å². The molecule has 0 heterocycles. The zero-order chi connectivity index (χ0) is 9.50. The van der Waals surface area contributed by atoms with Gasteiger partial charge in [-0.05, 0) is 6.92 Å². The van der Waals surface area contributed by atoms with E-state index in [1.54, 1.807) is 0 Å². The Bertz CT molecular complexity index is 223. The van der Waals surface area contributed by atoms with Crippen molar-refractivity contribution in [3.63, 3.8) is 0 Å². The van der Waals surface area contributed by atoms with Gasteiger partial charge in [0.1, 0.15) is 0 Å². The molecule has 0 radical (unpaired) electrons. The molecule has 0 aliphatic heterocycles. The second kappa shape index (κ2) is 7.08. The molecule has 0 atom stereocenters. The van der Waals surface area contributed by atoms with Gasteiger partial charge in [0.15, 0.2) is 0 Å². The third kappa shape index (κ3) is 6.14. The van der Waals surface area contributed by atoms with Crippen LogP contribution in [0.25, 0.3) is 0 Å². The Kier molecular flexibility index (Phi) is 11.9. The van der Waals surface area contributed by atoms with Gasteiger partial charge in [0.2, 0.25) is 0 Å². The maximum atomic E-state index is 10.3. The summed E-state index contributed by atoms with van der Waals surface area (Å²) in [6.45, 7) is 0.383. The van der Waals surface area contributed by atoms with Crippen LogP contribution in [0, 0.1) is 0 Å². The summed E-state index contributed by atoms with van der Waals surface area (Å²) >= 11 is 0. The first-order valence-corrected chi connectivity index (χ1v) is 5.56. The fraction of sp³-hybridized carbons (Fsp3) is 1.00. The normalized spacial score (nSPS) is 12.8. The van der Waals surface area contributed by atoms with Gasteiger partial charge >= 0.3 is 118 Å². The zero-order valence-electron chi connectivity index (χ0n) is 9.45. The molecule has 0 fully saturated rings. The van der Waals surface area contributed by atoms with E-state index in [2.05, 4.69) is 0 Å². The van der Waals surface area contributed by atoms with Gasteiger partial charge in [0.25, 0.3) is 5.08 Å². The van der Waals surface area contributed by atoms with E-state index in [-0.39, 0.29) is 106 Å². The van der Waals surface area contributed by atoms with E-state index in [9.17, 15) is 9.13 Å². The molecular formula is C2H10K2O7P2. The first-order valence-electron chi connectivity index (χ1n) is 2.34. The van der Waals surface area contributed by atoms with Crippen molar-refractivity contribution in [2.75, 3.05) is 0 Å². The fourth-order valence-corrected chi connectivity index (χ4v) is 1.53. The zero-order valence-corrected chi connectivity index (χ0v) is 15.5. The van der Waals surface area contributed by atoms with Gasteiger partial charge in [-0.15, -0.1) is 0 Å². The molecule has 0 aliphatic rings. The summed E-state index contributed by atoms with van der Waals surface area (Å²) < 4.78 is 20.5. The third-order valence-corrected chi connectivity index (χ3v) is 4.87. The quantitative estimate of drug-likeness (QED) is 0.251. The number of hydrogen-bond donors (Lipinski definition) is 5. The number of aliphatic hydroxyl groups is 1. The van der Waals surface area contributed by atoms with Crippen molar-refractivity contribution in [1.82, 2.24) is 0 Å². The van der Waals surface area contributed by atoms with Crippen molar-refractivity contribution >= 4 is 15.2 Å². The molecule has 7 nitrogen and oxygen atoms in total. The molecule has 5 N–H and O–H groups in total. The minimum absolute atomic E-state index is 0. The van der Waals surface area contributed by atoms with Crippen LogP contribution in [0.3, 0.4) is 0 Å². The van der Waals surface area contributed by atoms with Crippen LogP contribution in [0.4, 0.5) is 0 Å². The van der Waals surface area contributed by atoms with E-state index in [0.29, 0.717) is 6.92 Å². The second-order valence-electron chi connectivity index (χ2n) is 2.06. The molecule has 0 aliphatic carbocycles. The average molecular weight is 286 g/mol. The first-order chi connectivity index (χ1) is 4.50. The predicted octanol–water partition coefficient (Wildman–Crippen LogP) is -6.76. The van der Waals surface area contributed by atoms with Crippen LogP contribution < -0.4 is 103 Å². The first kappa shape index (κ1) is 21.8. The van der Waals surface area contributed by atoms with Crippen LogP contribution in [-0.2, 0) is 9.13 Å². The van der Waals surface area contributed by atoms with Gasteiger partial charge in [-0.1, -0.05) is 0 Å². The maximum Gasteiger partial charge on any atom is 1.00 e. The molecule has 0 amide bonds. The van der Waals surface area contributed by atoms with Gasteiger partial charge in [-0.3, -0.25) is 9.13 Å². The molecule has 72 valence electrons. The van der Waals surface area contributed by atoms with E-state index in [0.717, 1.165) is 0 Å². The molecule has 0 spiro atoms. The van der Waals surface area contributed by atoms with Crippen LogP contribution in [0.1, 0.15) is 9.78 Å². The van der Waals surface area contributed by atoms with Crippen LogP contribution in [-0.4, -0.2) is 29.8 Å². The van der Waals surface area contributed by atoms with Crippen molar-refractivity contribution in [2.24, 2.45) is 0 Å². The summed E-state index contributed by atoms with van der Waals surface area (Å²) in [6.07, 6.45) is 0. The van der Waals surface area contributed by atoms with E-state index in [1.165, 1.54) is 0 Å². The van der Waals surface area contributed by atoms with Gasteiger partial charge in [0, 0.05) is 0 Å². The van der Waals surface area contributed by atoms with Crippen LogP contribution in [0.2, 0.25) is 0 Å². The van der Waals surface area contributed by atoms with Crippen molar-refractivity contribution in [3.8, 4) is 0 Å². The second-order valence-corrected chi connectivity index (χ2v) is 6.33. The van der Waals surface area contributed by atoms with Crippen molar-refractivity contribution in [1.29, 1.82) is 0 Å². The Morgan fingerprint density at radius 1 is 1.00 bits per heavy atom. The monoisotopic (exact) mass is 286 g/mol. The third-order valence-electron chi connectivity index (χ3n) is 1.10. The molecule has 11 heteroatoms. The summed E-state index contributed by atoms with van der Waals surface area (Å²) in [5.74, 6) is 0. The van der Waals surface area contributed by atoms with E-state index in [1.807, 2.05) is 0 Å². The molecule has 0 bridgehead atoms. The SMILES string of the molecule is CC(O)(P(=O)(O)O)P(=O)(O)O.[H-].[H-].[K+].[K+]. The van der Waals surface area contributed by atoms with Gasteiger partial charge in [-0.25, -0.2) is 0 Å². The molecule has 0 saturated heterocycles. The number of hydrogen-bond acceptors (Lipinski definition) is 3. The molecule has 0 saturated carbocycles. The topological polar surface area (TPSA) is 135 Å². The molecule has 0 aromatic carbocycles. The molecule has 0 unspecified atom stereocenters. The summed E-state index contributed by atoms with van der Waals surface area (Å²) in [7, 11) is -10.4. The van der Waals surface area contributed by atoms with Crippen molar-refractivity contribution in [2.45, 2.75) is 12.0 Å². The molecule has 0 aromatic rings. The maximum absolute atomic E-state index is 10.3. The van der Waals surface area contributed by atoms with Gasteiger partial charge in [-0.2, -0.15) is 0 Å². The van der Waals surface area contributed by atoms with Gasteiger partial charge in [0.05, 0.1) is 0 Å². The van der Waals surface area contributed by atoms with Gasteiger partial charge < -0.3 is 27.5 Å². The Morgan fingerprint density at radius 2 is 1.15 bits per heavy atom. The summed E-state index contributed by atoms with van der Waals surface area (Å²) in [5.41, 5.74) is 0. The predicted molar refractivity (Wildman–Crippen MR) is 36.9 cm³/mol. The van der Waals surface area contributed by atoms with Crippen molar-refractivity contribution < 1.29 is 139 Å². The Balaban J connectivity index is -0.0000000833. The summed E-state index contributed by atoms with van der Waals surface area (Å²) in [4.78, 5) is 33.0. The van der Waals surface area contributed by atoms with E-state index >= 15 is 0 Å². The van der Waals surface area contributed by atoms with E-state index < -0.39 is 20.3 Å². The number of rotatable bonds is 2. The average Bonchev–Trinajstić information content (AvgIpc) is 1.58. The molecular weight excluding hydrogens is 276 g/mol. The molecule has 0 aromatic heterocycles. The minimum atomic E-state index is -5.20. The fourth-order valence-electron chi connectivity index (χ4n) is 0.170. The standard InChI is InChI=1S/C2H8O7P2.2K.2H/c1-2(3,10(4,5)6)11(7,8)9;;;;/h3H,1H3,(H2,4,5,6)(H2,7,8,9);;;;/q;2*+1;2*-1.